The fourth-order valence-electron chi connectivity index (χ4n) is 3.90. The van der Waals surface area contributed by atoms with Crippen LogP contribution in [0.25, 0.3) is 11.3 Å². The molecule has 9 nitrogen and oxygen atoms in total. The number of aromatic carboxylic acids is 1. The molecule has 0 radical (unpaired) electrons. The van der Waals surface area contributed by atoms with Crippen LogP contribution in [0.2, 0.25) is 0 Å². The van der Waals surface area contributed by atoms with Gasteiger partial charge in [0.2, 0.25) is 5.95 Å². The molecule has 0 aliphatic carbocycles. The summed E-state index contributed by atoms with van der Waals surface area (Å²) in [4.78, 5) is 22.8. The molecule has 0 spiro atoms. The first kappa shape index (κ1) is 20.2. The van der Waals surface area contributed by atoms with Gasteiger partial charge in [-0.2, -0.15) is 4.98 Å². The molecule has 1 saturated heterocycles. The van der Waals surface area contributed by atoms with E-state index in [1.807, 2.05) is 18.1 Å². The van der Waals surface area contributed by atoms with Crippen molar-refractivity contribution in [3.8, 4) is 11.3 Å². The summed E-state index contributed by atoms with van der Waals surface area (Å²) in [6, 6.07) is 14.8. The summed E-state index contributed by atoms with van der Waals surface area (Å²) in [5, 5.41) is 14.4. The highest BCUT2D eigenvalue weighted by atomic mass is 16.5. The Balaban J connectivity index is 1.50. The number of nitrogens with zero attached hydrogens (tertiary/aromatic N) is 4. The second-order valence-electron chi connectivity index (χ2n) is 7.78. The van der Waals surface area contributed by atoms with Crippen LogP contribution < -0.4 is 20.7 Å². The number of carbonyl (C=O) groups is 1. The average Bonchev–Trinajstić information content (AvgIpc) is 3.20. The maximum Gasteiger partial charge on any atom is 0.335 e. The summed E-state index contributed by atoms with van der Waals surface area (Å²) in [5.41, 5.74) is 8.52. The van der Waals surface area contributed by atoms with Crippen molar-refractivity contribution in [1.82, 2.24) is 15.4 Å². The van der Waals surface area contributed by atoms with Gasteiger partial charge in [-0.25, -0.2) is 15.2 Å². The van der Waals surface area contributed by atoms with Gasteiger partial charge in [0, 0.05) is 44.0 Å². The second-order valence-corrected chi connectivity index (χ2v) is 7.78. The molecule has 3 aromatic rings. The molecule has 0 atom stereocenters. The van der Waals surface area contributed by atoms with Crippen LogP contribution in [0, 0.1) is 0 Å². The number of fused-ring (bicyclic) bond motifs is 1. The molecule has 3 heterocycles. The minimum Gasteiger partial charge on any atom is -0.478 e. The molecular weight excluding hydrogens is 408 g/mol. The molecule has 2 aliphatic heterocycles. The standard InChI is InChI=1S/C23H24N6O3/c1-28-20-7-4-16(12-17(20)14-24-28)19-13-21(25-18-5-2-15(3-6-18)22(30)31)27-23(26-19)29-8-10-32-11-9-29/h2-7,12-13,24H,8-11,14H2,1H3,(H,30,31)(H,25,26,27). The number of ether oxygens (including phenoxy) is 1. The zero-order valence-corrected chi connectivity index (χ0v) is 17.7. The zero-order valence-electron chi connectivity index (χ0n) is 17.7. The molecule has 1 aromatic heterocycles. The van der Waals surface area contributed by atoms with Gasteiger partial charge >= 0.3 is 5.97 Å². The van der Waals surface area contributed by atoms with Crippen molar-refractivity contribution in [2.45, 2.75) is 6.54 Å². The quantitative estimate of drug-likeness (QED) is 0.561. The highest BCUT2D eigenvalue weighted by molar-refractivity contribution is 5.88. The molecule has 0 unspecified atom stereocenters. The van der Waals surface area contributed by atoms with Gasteiger partial charge in [-0.15, -0.1) is 0 Å². The summed E-state index contributed by atoms with van der Waals surface area (Å²) in [6.07, 6.45) is 0. The molecule has 2 aromatic carbocycles. The molecule has 164 valence electrons. The number of hydrogen-bond donors (Lipinski definition) is 3. The molecule has 0 bridgehead atoms. The van der Waals surface area contributed by atoms with Crippen molar-refractivity contribution in [3.05, 3.63) is 59.7 Å². The van der Waals surface area contributed by atoms with E-state index in [9.17, 15) is 4.79 Å². The van der Waals surface area contributed by atoms with Crippen molar-refractivity contribution in [3.63, 3.8) is 0 Å². The van der Waals surface area contributed by atoms with Gasteiger partial charge in [-0.1, -0.05) is 6.07 Å². The molecular formula is C23H24N6O3. The third kappa shape index (κ3) is 4.08. The third-order valence-electron chi connectivity index (χ3n) is 5.66. The number of rotatable bonds is 5. The molecule has 5 rings (SSSR count). The van der Waals surface area contributed by atoms with Crippen LogP contribution in [-0.4, -0.2) is 54.4 Å². The summed E-state index contributed by atoms with van der Waals surface area (Å²) >= 11 is 0. The van der Waals surface area contributed by atoms with Crippen molar-refractivity contribution in [2.24, 2.45) is 0 Å². The zero-order chi connectivity index (χ0) is 22.1. The van der Waals surface area contributed by atoms with Gasteiger partial charge < -0.3 is 25.1 Å². The van der Waals surface area contributed by atoms with Crippen LogP contribution in [0.1, 0.15) is 15.9 Å². The number of anilines is 4. The Bertz CT molecular complexity index is 1140. The Labute approximate surface area is 185 Å². The van der Waals surface area contributed by atoms with Gasteiger partial charge in [0.1, 0.15) is 5.82 Å². The fraction of sp³-hybridized carbons (Fsp3) is 0.261. The number of hydrazine groups is 1. The maximum absolute atomic E-state index is 11.1. The van der Waals surface area contributed by atoms with E-state index < -0.39 is 5.97 Å². The van der Waals surface area contributed by atoms with Crippen molar-refractivity contribution in [2.75, 3.05) is 48.6 Å². The Morgan fingerprint density at radius 3 is 2.62 bits per heavy atom. The van der Waals surface area contributed by atoms with Crippen molar-refractivity contribution in [1.29, 1.82) is 0 Å². The lowest BCUT2D eigenvalue weighted by Crippen LogP contribution is -2.37. The SMILES string of the molecule is CN1NCc2cc(-c3cc(Nc4ccc(C(=O)O)cc4)nc(N4CCOCC4)n3)ccc21. The number of carboxylic acids is 1. The topological polar surface area (TPSA) is 103 Å². The molecule has 2 aliphatic rings. The average molecular weight is 432 g/mol. The van der Waals surface area contributed by atoms with Crippen LogP contribution in [0.15, 0.2) is 48.5 Å². The number of morpholine rings is 1. The lowest BCUT2D eigenvalue weighted by Gasteiger charge is -2.27. The molecule has 1 fully saturated rings. The normalized spacial score (nSPS) is 15.5. The highest BCUT2D eigenvalue weighted by Gasteiger charge is 2.19. The smallest absolute Gasteiger partial charge is 0.335 e. The van der Waals surface area contributed by atoms with Crippen LogP contribution in [0.5, 0.6) is 0 Å². The van der Waals surface area contributed by atoms with Gasteiger partial charge in [0.05, 0.1) is 30.2 Å². The first-order valence-electron chi connectivity index (χ1n) is 10.5. The highest BCUT2D eigenvalue weighted by Crippen LogP contribution is 2.31. The minimum atomic E-state index is -0.952. The first-order valence-corrected chi connectivity index (χ1v) is 10.5. The van der Waals surface area contributed by atoms with E-state index in [0.717, 1.165) is 42.3 Å². The minimum absolute atomic E-state index is 0.240. The van der Waals surface area contributed by atoms with Crippen molar-refractivity contribution < 1.29 is 14.6 Å². The first-order chi connectivity index (χ1) is 15.6. The number of aromatic nitrogens is 2. The second kappa shape index (κ2) is 8.45. The molecule has 0 amide bonds. The van der Waals surface area contributed by atoms with Crippen LogP contribution in [0.4, 0.5) is 23.1 Å². The lowest BCUT2D eigenvalue weighted by atomic mass is 10.1. The Hall–Kier alpha value is -3.69. The van der Waals surface area contributed by atoms with Gasteiger partial charge in [-0.3, -0.25) is 0 Å². The van der Waals surface area contributed by atoms with E-state index in [4.69, 9.17) is 19.8 Å². The Morgan fingerprint density at radius 2 is 1.88 bits per heavy atom. The number of nitrogens with one attached hydrogen (secondary N) is 2. The summed E-state index contributed by atoms with van der Waals surface area (Å²) in [7, 11) is 2.00. The van der Waals surface area contributed by atoms with Gasteiger partial charge in [0.25, 0.3) is 0 Å². The van der Waals surface area contributed by atoms with E-state index >= 15 is 0 Å². The van der Waals surface area contributed by atoms with E-state index in [1.54, 1.807) is 24.3 Å². The number of hydrogen-bond acceptors (Lipinski definition) is 8. The van der Waals surface area contributed by atoms with Crippen LogP contribution >= 0.6 is 0 Å². The van der Waals surface area contributed by atoms with Crippen LogP contribution in [-0.2, 0) is 11.3 Å². The fourth-order valence-corrected chi connectivity index (χ4v) is 3.90. The van der Waals surface area contributed by atoms with Crippen molar-refractivity contribution >= 4 is 29.1 Å². The van der Waals surface area contributed by atoms with E-state index in [2.05, 4.69) is 33.8 Å². The van der Waals surface area contributed by atoms with E-state index in [0.29, 0.717) is 25.0 Å². The van der Waals surface area contributed by atoms with E-state index in [-0.39, 0.29) is 5.56 Å². The predicted molar refractivity (Wildman–Crippen MR) is 122 cm³/mol. The monoisotopic (exact) mass is 432 g/mol. The molecule has 0 saturated carbocycles. The van der Waals surface area contributed by atoms with Gasteiger partial charge in [-0.05, 0) is 42.0 Å². The van der Waals surface area contributed by atoms with Gasteiger partial charge in [0.15, 0.2) is 0 Å². The summed E-state index contributed by atoms with van der Waals surface area (Å²) in [6.45, 7) is 3.53. The summed E-state index contributed by atoms with van der Waals surface area (Å²) < 4.78 is 5.48. The lowest BCUT2D eigenvalue weighted by molar-refractivity contribution is 0.0697. The predicted octanol–water partition coefficient (Wildman–Crippen LogP) is 2.88. The maximum atomic E-state index is 11.1. The summed E-state index contributed by atoms with van der Waals surface area (Å²) in [5.74, 6) is 0.341. The number of carboxylic acid groups (broad SMARTS) is 1. The Kier molecular flexibility index (Phi) is 5.34. The molecule has 3 N–H and O–H groups in total. The largest absolute Gasteiger partial charge is 0.478 e. The molecule has 9 heteroatoms. The number of benzene rings is 2. The third-order valence-corrected chi connectivity index (χ3v) is 5.66. The molecule has 32 heavy (non-hydrogen) atoms. The van der Waals surface area contributed by atoms with Crippen LogP contribution in [0.3, 0.4) is 0 Å². The Morgan fingerprint density at radius 1 is 1.09 bits per heavy atom. The van der Waals surface area contributed by atoms with E-state index in [1.165, 1.54) is 5.56 Å².